The van der Waals surface area contributed by atoms with Crippen LogP contribution in [0.4, 0.5) is 5.69 Å². The third kappa shape index (κ3) is 7.64. The van der Waals surface area contributed by atoms with Gasteiger partial charge in [0.25, 0.3) is 10.0 Å². The predicted molar refractivity (Wildman–Crippen MR) is 147 cm³/mol. The molecule has 0 spiro atoms. The number of aryl methyl sites for hydroxylation is 2. The highest BCUT2D eigenvalue weighted by Gasteiger charge is 2.27. The van der Waals surface area contributed by atoms with Crippen molar-refractivity contribution in [1.29, 1.82) is 0 Å². The van der Waals surface area contributed by atoms with Gasteiger partial charge in [-0.15, -0.1) is 0 Å². The van der Waals surface area contributed by atoms with Crippen molar-refractivity contribution in [1.82, 2.24) is 5.32 Å². The number of halogens is 2. The largest absolute Gasteiger partial charge is 0.354 e. The summed E-state index contributed by atoms with van der Waals surface area (Å²) in [6.07, 6.45) is 0.839. The Kier molecular flexibility index (Phi) is 9.92. The lowest BCUT2D eigenvalue weighted by molar-refractivity contribution is -0.119. The van der Waals surface area contributed by atoms with Gasteiger partial charge < -0.3 is 5.32 Å². The first kappa shape index (κ1) is 27.4. The molecule has 5 nitrogen and oxygen atoms in total. The number of amides is 1. The van der Waals surface area contributed by atoms with Crippen molar-refractivity contribution in [3.05, 3.63) is 93.5 Å². The third-order valence-electron chi connectivity index (χ3n) is 5.35. The molecule has 0 atom stereocenters. The maximum absolute atomic E-state index is 13.4. The molecule has 0 bridgehead atoms. The van der Waals surface area contributed by atoms with Crippen molar-refractivity contribution in [3.63, 3.8) is 0 Å². The van der Waals surface area contributed by atoms with Gasteiger partial charge in [-0.2, -0.15) is 11.8 Å². The number of nitrogens with zero attached hydrogens (tertiary/aromatic N) is 1. The van der Waals surface area contributed by atoms with E-state index >= 15 is 0 Å². The maximum Gasteiger partial charge on any atom is 0.264 e. The summed E-state index contributed by atoms with van der Waals surface area (Å²) in [5.41, 5.74) is 3.54. The second-order valence-electron chi connectivity index (χ2n) is 8.00. The molecule has 0 aromatic heterocycles. The zero-order chi connectivity index (χ0) is 25.4. The number of anilines is 1. The Labute approximate surface area is 221 Å². The van der Waals surface area contributed by atoms with Crippen LogP contribution in [0.5, 0.6) is 0 Å². The van der Waals surface area contributed by atoms with Crippen LogP contribution >= 0.6 is 35.0 Å². The Morgan fingerprint density at radius 2 is 1.60 bits per heavy atom. The lowest BCUT2D eigenvalue weighted by atomic mass is 10.1. The lowest BCUT2D eigenvalue weighted by Crippen LogP contribution is -2.41. The molecule has 186 valence electrons. The van der Waals surface area contributed by atoms with E-state index in [1.54, 1.807) is 54.2 Å². The van der Waals surface area contributed by atoms with E-state index in [9.17, 15) is 13.2 Å². The fourth-order valence-electron chi connectivity index (χ4n) is 3.32. The van der Waals surface area contributed by atoms with Gasteiger partial charge in [-0.1, -0.05) is 66.0 Å². The molecule has 0 heterocycles. The topological polar surface area (TPSA) is 66.5 Å². The molecule has 1 amide bonds. The number of sulfonamides is 1. The third-order valence-corrected chi connectivity index (χ3v) is 8.91. The minimum absolute atomic E-state index is 0.146. The van der Waals surface area contributed by atoms with Crippen molar-refractivity contribution in [2.75, 3.05) is 23.1 Å². The monoisotopic (exact) mass is 550 g/mol. The van der Waals surface area contributed by atoms with Crippen molar-refractivity contribution in [2.24, 2.45) is 0 Å². The van der Waals surface area contributed by atoms with E-state index in [0.717, 1.165) is 33.2 Å². The van der Waals surface area contributed by atoms with Crippen LogP contribution in [0.1, 0.15) is 23.6 Å². The Bertz CT molecular complexity index is 1250. The summed E-state index contributed by atoms with van der Waals surface area (Å²) in [5, 5.41) is 3.86. The Morgan fingerprint density at radius 1 is 0.943 bits per heavy atom. The van der Waals surface area contributed by atoms with Gasteiger partial charge in [-0.25, -0.2) is 8.42 Å². The molecular formula is C26H28Cl2N2O3S2. The first-order chi connectivity index (χ1) is 16.7. The number of hydrogen-bond donors (Lipinski definition) is 1. The molecule has 3 rings (SSSR count). The second-order valence-corrected chi connectivity index (χ2v) is 11.8. The van der Waals surface area contributed by atoms with Crippen LogP contribution in [-0.4, -0.2) is 33.2 Å². The predicted octanol–water partition coefficient (Wildman–Crippen LogP) is 6.11. The first-order valence-electron chi connectivity index (χ1n) is 11.2. The number of benzene rings is 3. The van der Waals surface area contributed by atoms with Gasteiger partial charge in [0.05, 0.1) is 20.6 Å². The molecule has 0 aliphatic carbocycles. The van der Waals surface area contributed by atoms with Gasteiger partial charge >= 0.3 is 0 Å². The second kappa shape index (κ2) is 12.7. The summed E-state index contributed by atoms with van der Waals surface area (Å²) in [7, 11) is -3.92. The molecule has 1 N–H and O–H groups in total. The molecule has 9 heteroatoms. The number of nitrogens with one attached hydrogen (secondary N) is 1. The summed E-state index contributed by atoms with van der Waals surface area (Å²) in [6, 6.07) is 19.4. The van der Waals surface area contributed by atoms with Crippen LogP contribution in [0.2, 0.25) is 10.0 Å². The Balaban J connectivity index is 1.64. The quantitative estimate of drug-likeness (QED) is 0.292. The molecule has 0 unspecified atom stereocenters. The standard InChI is InChI=1S/C26H28Cl2N2O3S2/c1-3-20-6-9-22(10-7-20)30(35(32,33)23-11-4-19(2)5-12-23)17-26(31)29-14-15-34-18-21-8-13-24(27)25(28)16-21/h4-13,16H,3,14-15,17-18H2,1-2H3,(H,29,31). The molecule has 0 saturated heterocycles. The summed E-state index contributed by atoms with van der Waals surface area (Å²) >= 11 is 13.6. The number of rotatable bonds is 11. The van der Waals surface area contributed by atoms with Crippen LogP contribution in [0.15, 0.2) is 71.6 Å². The van der Waals surface area contributed by atoms with Gasteiger partial charge in [0, 0.05) is 18.1 Å². The minimum Gasteiger partial charge on any atom is -0.354 e. The van der Waals surface area contributed by atoms with E-state index in [-0.39, 0.29) is 17.3 Å². The SMILES string of the molecule is CCc1ccc(N(CC(=O)NCCSCc2ccc(Cl)c(Cl)c2)S(=O)(=O)c2ccc(C)cc2)cc1. The van der Waals surface area contributed by atoms with Crippen molar-refractivity contribution in [3.8, 4) is 0 Å². The van der Waals surface area contributed by atoms with E-state index in [0.29, 0.717) is 28.0 Å². The van der Waals surface area contributed by atoms with Gasteiger partial charge in [0.15, 0.2) is 0 Å². The van der Waals surface area contributed by atoms with Crippen molar-refractivity contribution < 1.29 is 13.2 Å². The average Bonchev–Trinajstić information content (AvgIpc) is 2.85. The van der Waals surface area contributed by atoms with E-state index < -0.39 is 10.0 Å². The van der Waals surface area contributed by atoms with Gasteiger partial charge in [0.1, 0.15) is 6.54 Å². The Hall–Kier alpha value is -2.19. The fourth-order valence-corrected chi connectivity index (χ4v) is 5.87. The van der Waals surface area contributed by atoms with Crippen molar-refractivity contribution in [2.45, 2.75) is 30.9 Å². The minimum atomic E-state index is -3.92. The summed E-state index contributed by atoms with van der Waals surface area (Å²) < 4.78 is 28.0. The zero-order valence-corrected chi connectivity index (χ0v) is 22.8. The number of carbonyl (C=O) groups excluding carboxylic acids is 1. The molecule has 3 aromatic carbocycles. The van der Waals surface area contributed by atoms with Gasteiger partial charge in [-0.3, -0.25) is 9.10 Å². The van der Waals surface area contributed by atoms with Gasteiger partial charge in [0.2, 0.25) is 5.91 Å². The van der Waals surface area contributed by atoms with Crippen molar-refractivity contribution >= 4 is 56.6 Å². The smallest absolute Gasteiger partial charge is 0.264 e. The van der Waals surface area contributed by atoms with Gasteiger partial charge in [-0.05, 0) is 60.9 Å². The highest BCUT2D eigenvalue weighted by atomic mass is 35.5. The van der Waals surface area contributed by atoms with Crippen LogP contribution in [0.25, 0.3) is 0 Å². The summed E-state index contributed by atoms with van der Waals surface area (Å²) in [5.74, 6) is 1.03. The molecule has 0 aliphatic rings. The van der Waals surface area contributed by atoms with E-state index in [1.165, 1.54) is 0 Å². The molecule has 0 radical (unpaired) electrons. The van der Waals surface area contributed by atoms with E-state index in [1.807, 2.05) is 38.1 Å². The number of thioether (sulfide) groups is 1. The van der Waals surface area contributed by atoms with E-state index in [4.69, 9.17) is 23.2 Å². The van der Waals surface area contributed by atoms with Crippen LogP contribution in [-0.2, 0) is 27.0 Å². The average molecular weight is 552 g/mol. The first-order valence-corrected chi connectivity index (χ1v) is 14.5. The summed E-state index contributed by atoms with van der Waals surface area (Å²) in [6.45, 7) is 4.03. The highest BCUT2D eigenvalue weighted by Crippen LogP contribution is 2.26. The lowest BCUT2D eigenvalue weighted by Gasteiger charge is -2.24. The fraction of sp³-hybridized carbons (Fsp3) is 0.269. The highest BCUT2D eigenvalue weighted by molar-refractivity contribution is 7.98. The molecule has 0 aliphatic heterocycles. The normalized spacial score (nSPS) is 11.3. The molecule has 0 saturated carbocycles. The number of carbonyl (C=O) groups is 1. The maximum atomic E-state index is 13.4. The summed E-state index contributed by atoms with van der Waals surface area (Å²) in [4.78, 5) is 12.9. The molecule has 0 fully saturated rings. The van der Waals surface area contributed by atoms with Crippen LogP contribution < -0.4 is 9.62 Å². The molecular weight excluding hydrogens is 523 g/mol. The molecule has 3 aromatic rings. The number of hydrogen-bond acceptors (Lipinski definition) is 4. The van der Waals surface area contributed by atoms with Crippen LogP contribution in [0, 0.1) is 6.92 Å². The van der Waals surface area contributed by atoms with E-state index in [2.05, 4.69) is 5.32 Å². The Morgan fingerprint density at radius 3 is 2.23 bits per heavy atom. The van der Waals surface area contributed by atoms with Crippen LogP contribution in [0.3, 0.4) is 0 Å². The molecule has 35 heavy (non-hydrogen) atoms. The zero-order valence-electron chi connectivity index (χ0n) is 19.6.